The van der Waals surface area contributed by atoms with Gasteiger partial charge in [-0.05, 0) is 51.7 Å². The van der Waals surface area contributed by atoms with Crippen molar-refractivity contribution < 1.29 is 19.7 Å². The molecule has 0 bridgehead atoms. The van der Waals surface area contributed by atoms with E-state index in [0.29, 0.717) is 18.4 Å². The SMILES string of the molecule is C/C(O)=C\C=C(/C)C(=O)OC1CCC(O)CC1.CC. The lowest BCUT2D eigenvalue weighted by molar-refractivity contribution is -0.146. The van der Waals surface area contributed by atoms with Crippen LogP contribution in [0.4, 0.5) is 0 Å². The van der Waals surface area contributed by atoms with E-state index in [-0.39, 0.29) is 23.9 Å². The van der Waals surface area contributed by atoms with Gasteiger partial charge in [-0.1, -0.05) is 13.8 Å². The quantitative estimate of drug-likeness (QED) is 0.357. The molecule has 4 nitrogen and oxygen atoms in total. The third-order valence-electron chi connectivity index (χ3n) is 2.81. The van der Waals surface area contributed by atoms with Crippen LogP contribution in [0.3, 0.4) is 0 Å². The number of ether oxygens (including phenoxy) is 1. The maximum absolute atomic E-state index is 11.6. The van der Waals surface area contributed by atoms with Crippen molar-refractivity contribution in [2.45, 2.75) is 65.6 Å². The van der Waals surface area contributed by atoms with Gasteiger partial charge >= 0.3 is 5.97 Å². The number of allylic oxidation sites excluding steroid dienone is 3. The van der Waals surface area contributed by atoms with Gasteiger partial charge in [0.25, 0.3) is 0 Å². The van der Waals surface area contributed by atoms with Crippen LogP contribution in [0.25, 0.3) is 0 Å². The highest BCUT2D eigenvalue weighted by atomic mass is 16.5. The monoisotopic (exact) mass is 270 g/mol. The Balaban J connectivity index is 0.00000154. The summed E-state index contributed by atoms with van der Waals surface area (Å²) in [5.41, 5.74) is 0.463. The van der Waals surface area contributed by atoms with Crippen LogP contribution in [0.2, 0.25) is 0 Å². The number of hydrogen-bond acceptors (Lipinski definition) is 4. The summed E-state index contributed by atoms with van der Waals surface area (Å²) in [6.45, 7) is 7.19. The summed E-state index contributed by atoms with van der Waals surface area (Å²) in [5.74, 6) is -0.207. The van der Waals surface area contributed by atoms with Crippen LogP contribution < -0.4 is 0 Å². The lowest BCUT2D eigenvalue weighted by Gasteiger charge is -2.25. The van der Waals surface area contributed by atoms with Gasteiger partial charge in [-0.2, -0.15) is 0 Å². The molecule has 1 fully saturated rings. The van der Waals surface area contributed by atoms with E-state index in [9.17, 15) is 9.90 Å². The minimum absolute atomic E-state index is 0.0894. The van der Waals surface area contributed by atoms with Crippen LogP contribution in [-0.2, 0) is 9.53 Å². The largest absolute Gasteiger partial charge is 0.513 e. The van der Waals surface area contributed by atoms with Crippen molar-refractivity contribution in [1.29, 1.82) is 0 Å². The van der Waals surface area contributed by atoms with Crippen molar-refractivity contribution in [3.8, 4) is 0 Å². The number of carbonyl (C=O) groups excluding carboxylic acids is 1. The zero-order valence-corrected chi connectivity index (χ0v) is 12.3. The van der Waals surface area contributed by atoms with Gasteiger partial charge in [-0.25, -0.2) is 4.79 Å². The van der Waals surface area contributed by atoms with Gasteiger partial charge in [-0.3, -0.25) is 0 Å². The molecule has 0 aromatic rings. The first-order chi connectivity index (χ1) is 8.99. The van der Waals surface area contributed by atoms with E-state index in [1.165, 1.54) is 19.1 Å². The highest BCUT2D eigenvalue weighted by molar-refractivity contribution is 5.88. The van der Waals surface area contributed by atoms with Gasteiger partial charge in [0.1, 0.15) is 6.10 Å². The van der Waals surface area contributed by atoms with Crippen LogP contribution in [-0.4, -0.2) is 28.4 Å². The van der Waals surface area contributed by atoms with Gasteiger partial charge in [0.15, 0.2) is 0 Å². The predicted molar refractivity (Wildman–Crippen MR) is 75.8 cm³/mol. The van der Waals surface area contributed by atoms with Crippen LogP contribution >= 0.6 is 0 Å². The third kappa shape index (κ3) is 7.67. The molecule has 0 amide bonds. The molecule has 110 valence electrons. The maximum atomic E-state index is 11.6. The van der Waals surface area contributed by atoms with Gasteiger partial charge in [0.05, 0.1) is 11.9 Å². The number of aliphatic hydroxyl groups is 2. The molecule has 1 aliphatic carbocycles. The standard InChI is InChI=1S/C13H20O4.C2H6/c1-9(3-4-10(2)14)13(16)17-12-7-5-11(15)6-8-12;1-2/h3-4,11-12,14-15H,5-8H2,1-2H3;1-2H3/b9-3+,10-4+;. The van der Waals surface area contributed by atoms with Crippen molar-refractivity contribution in [1.82, 2.24) is 0 Å². The average molecular weight is 270 g/mol. The Labute approximate surface area is 115 Å². The lowest BCUT2D eigenvalue weighted by atomic mass is 9.95. The second kappa shape index (κ2) is 9.62. The van der Waals surface area contributed by atoms with Gasteiger partial charge in [-0.15, -0.1) is 0 Å². The van der Waals surface area contributed by atoms with Gasteiger partial charge < -0.3 is 14.9 Å². The second-order valence-electron chi connectivity index (χ2n) is 4.49. The Hall–Kier alpha value is -1.29. The van der Waals surface area contributed by atoms with Crippen LogP contribution in [0.1, 0.15) is 53.4 Å². The van der Waals surface area contributed by atoms with E-state index in [4.69, 9.17) is 9.84 Å². The van der Waals surface area contributed by atoms with Crippen LogP contribution in [0, 0.1) is 0 Å². The lowest BCUT2D eigenvalue weighted by Crippen LogP contribution is -2.26. The van der Waals surface area contributed by atoms with Gasteiger partial charge in [0.2, 0.25) is 0 Å². The van der Waals surface area contributed by atoms with Crippen molar-refractivity contribution in [2.24, 2.45) is 0 Å². The number of aliphatic hydroxyl groups excluding tert-OH is 2. The minimum Gasteiger partial charge on any atom is -0.513 e. The minimum atomic E-state index is -0.358. The maximum Gasteiger partial charge on any atom is 0.333 e. The smallest absolute Gasteiger partial charge is 0.333 e. The number of hydrogen-bond donors (Lipinski definition) is 2. The molecule has 0 unspecified atom stereocenters. The molecule has 1 saturated carbocycles. The fourth-order valence-corrected chi connectivity index (χ4v) is 1.72. The Bertz CT molecular complexity index is 319. The molecule has 0 heterocycles. The summed E-state index contributed by atoms with van der Waals surface area (Å²) in [5, 5.41) is 18.3. The summed E-state index contributed by atoms with van der Waals surface area (Å²) >= 11 is 0. The molecule has 0 saturated heterocycles. The average Bonchev–Trinajstić information content (AvgIpc) is 2.40. The molecule has 0 atom stereocenters. The van der Waals surface area contributed by atoms with E-state index >= 15 is 0 Å². The van der Waals surface area contributed by atoms with Crippen molar-refractivity contribution in [3.05, 3.63) is 23.5 Å². The summed E-state index contributed by atoms with van der Waals surface area (Å²) in [7, 11) is 0. The molecular formula is C15H26O4. The third-order valence-corrected chi connectivity index (χ3v) is 2.81. The molecule has 4 heteroatoms. The first-order valence-electron chi connectivity index (χ1n) is 6.92. The Morgan fingerprint density at radius 2 is 1.63 bits per heavy atom. The summed E-state index contributed by atoms with van der Waals surface area (Å²) < 4.78 is 5.30. The molecule has 0 spiro atoms. The number of esters is 1. The van der Waals surface area contributed by atoms with E-state index in [2.05, 4.69) is 0 Å². The normalized spacial score (nSPS) is 24.3. The summed E-state index contributed by atoms with van der Waals surface area (Å²) in [6.07, 6.45) is 5.47. The Kier molecular flexibility index (Phi) is 8.96. The second-order valence-corrected chi connectivity index (χ2v) is 4.49. The Morgan fingerprint density at radius 3 is 2.11 bits per heavy atom. The first kappa shape index (κ1) is 17.7. The van der Waals surface area contributed by atoms with E-state index in [1.54, 1.807) is 6.92 Å². The van der Waals surface area contributed by atoms with Crippen LogP contribution in [0.15, 0.2) is 23.5 Å². The highest BCUT2D eigenvalue weighted by Gasteiger charge is 2.22. The van der Waals surface area contributed by atoms with Crippen molar-refractivity contribution in [2.75, 3.05) is 0 Å². The predicted octanol–water partition coefficient (Wildman–Crippen LogP) is 3.27. The molecule has 0 aromatic heterocycles. The molecule has 2 N–H and O–H groups in total. The molecule has 19 heavy (non-hydrogen) atoms. The van der Waals surface area contributed by atoms with E-state index < -0.39 is 0 Å². The molecule has 1 rings (SSSR count). The fourth-order valence-electron chi connectivity index (χ4n) is 1.72. The number of carbonyl (C=O) groups is 1. The molecule has 0 aromatic carbocycles. The fraction of sp³-hybridized carbons (Fsp3) is 0.667. The molecule has 1 aliphatic rings. The molecule has 0 aliphatic heterocycles. The molecular weight excluding hydrogens is 244 g/mol. The molecule has 0 radical (unpaired) electrons. The Morgan fingerprint density at radius 1 is 1.11 bits per heavy atom. The van der Waals surface area contributed by atoms with Crippen molar-refractivity contribution >= 4 is 5.97 Å². The van der Waals surface area contributed by atoms with Gasteiger partial charge in [0, 0.05) is 5.57 Å². The van der Waals surface area contributed by atoms with Crippen molar-refractivity contribution in [3.63, 3.8) is 0 Å². The number of rotatable bonds is 3. The summed E-state index contributed by atoms with van der Waals surface area (Å²) in [6, 6.07) is 0. The van der Waals surface area contributed by atoms with E-state index in [0.717, 1.165) is 12.8 Å². The zero-order chi connectivity index (χ0) is 14.8. The topological polar surface area (TPSA) is 66.8 Å². The highest BCUT2D eigenvalue weighted by Crippen LogP contribution is 2.21. The van der Waals surface area contributed by atoms with Crippen LogP contribution in [0.5, 0.6) is 0 Å². The summed E-state index contributed by atoms with van der Waals surface area (Å²) in [4.78, 5) is 11.6. The van der Waals surface area contributed by atoms with E-state index in [1.807, 2.05) is 13.8 Å². The zero-order valence-electron chi connectivity index (χ0n) is 12.3. The first-order valence-corrected chi connectivity index (χ1v) is 6.92.